The molecule has 0 unspecified atom stereocenters. The molecule has 3 rings (SSSR count). The molecule has 0 bridgehead atoms. The minimum Gasteiger partial charge on any atom is -0.507 e. The number of para-hydroxylation sites is 1. The fourth-order valence-corrected chi connectivity index (χ4v) is 2.80. The lowest BCUT2D eigenvalue weighted by atomic mass is 10.1. The third-order valence-corrected chi connectivity index (χ3v) is 4.06. The van der Waals surface area contributed by atoms with Gasteiger partial charge < -0.3 is 15.2 Å². The Labute approximate surface area is 156 Å². The molecule has 0 aliphatic heterocycles. The number of benzene rings is 3. The molecule has 0 heterocycles. The molecule has 0 spiro atoms. The van der Waals surface area contributed by atoms with E-state index in [-0.39, 0.29) is 23.4 Å². The summed E-state index contributed by atoms with van der Waals surface area (Å²) in [5, 5.41) is 17.2. The molecule has 132 valence electrons. The van der Waals surface area contributed by atoms with E-state index in [0.29, 0.717) is 16.8 Å². The van der Waals surface area contributed by atoms with Crippen molar-refractivity contribution in [1.82, 2.24) is 5.32 Å². The third-order valence-electron chi connectivity index (χ3n) is 3.85. The van der Waals surface area contributed by atoms with Crippen LogP contribution in [0.4, 0.5) is 5.69 Å². The number of anilines is 1. The van der Waals surface area contributed by atoms with Crippen LogP contribution < -0.4 is 15.4 Å². The van der Waals surface area contributed by atoms with Crippen molar-refractivity contribution in [3.05, 3.63) is 66.2 Å². The lowest BCUT2D eigenvalue weighted by Gasteiger charge is -2.13. The first-order valence-corrected chi connectivity index (χ1v) is 8.45. The maximum atomic E-state index is 12.0. The van der Waals surface area contributed by atoms with Gasteiger partial charge in [-0.3, -0.25) is 10.1 Å². The molecular weight excluding hydrogens is 348 g/mol. The van der Waals surface area contributed by atoms with E-state index in [1.165, 1.54) is 0 Å². The van der Waals surface area contributed by atoms with E-state index >= 15 is 0 Å². The third kappa shape index (κ3) is 4.10. The van der Waals surface area contributed by atoms with Crippen molar-refractivity contribution >= 4 is 39.7 Å². The summed E-state index contributed by atoms with van der Waals surface area (Å²) in [6.07, 6.45) is 0. The van der Waals surface area contributed by atoms with Gasteiger partial charge in [-0.1, -0.05) is 42.5 Å². The minimum atomic E-state index is -0.353. The second-order valence-corrected chi connectivity index (χ2v) is 6.14. The molecule has 0 fully saturated rings. The monoisotopic (exact) mass is 366 g/mol. The van der Waals surface area contributed by atoms with Crippen LogP contribution in [0.2, 0.25) is 0 Å². The number of rotatable bonds is 4. The highest BCUT2D eigenvalue weighted by Gasteiger charge is 2.09. The zero-order valence-corrected chi connectivity index (χ0v) is 15.0. The first-order valence-electron chi connectivity index (χ1n) is 8.04. The van der Waals surface area contributed by atoms with Gasteiger partial charge in [-0.2, -0.15) is 0 Å². The summed E-state index contributed by atoms with van der Waals surface area (Å²) < 4.78 is 5.50. The molecule has 0 aliphatic carbocycles. The summed E-state index contributed by atoms with van der Waals surface area (Å²) >= 11 is 5.20. The van der Waals surface area contributed by atoms with Gasteiger partial charge in [0.15, 0.2) is 11.7 Å². The minimum absolute atomic E-state index is 0.136. The van der Waals surface area contributed by atoms with Gasteiger partial charge in [0.2, 0.25) is 0 Å². The Balaban J connectivity index is 1.61. The van der Waals surface area contributed by atoms with E-state index in [0.717, 1.165) is 10.9 Å². The molecular formula is C20H18N2O3S. The molecule has 3 aromatic rings. The van der Waals surface area contributed by atoms with Crippen LogP contribution in [-0.2, 0) is 4.79 Å². The van der Waals surface area contributed by atoms with E-state index in [2.05, 4.69) is 10.6 Å². The van der Waals surface area contributed by atoms with Crippen LogP contribution in [0, 0.1) is 6.92 Å². The number of nitrogens with one attached hydrogen (secondary N) is 2. The Bertz CT molecular complexity index is 972. The first kappa shape index (κ1) is 17.7. The Kier molecular flexibility index (Phi) is 5.34. The molecule has 0 atom stereocenters. The summed E-state index contributed by atoms with van der Waals surface area (Å²) in [4.78, 5) is 12.0. The summed E-state index contributed by atoms with van der Waals surface area (Å²) in [5.74, 6) is 0.493. The van der Waals surface area contributed by atoms with Crippen LogP contribution in [0.25, 0.3) is 10.8 Å². The summed E-state index contributed by atoms with van der Waals surface area (Å²) in [6, 6.07) is 18.1. The number of phenolic OH excluding ortho intramolecular Hbond substituents is 1. The highest BCUT2D eigenvalue weighted by molar-refractivity contribution is 7.80. The van der Waals surface area contributed by atoms with E-state index in [9.17, 15) is 9.90 Å². The van der Waals surface area contributed by atoms with Gasteiger partial charge in [-0.15, -0.1) is 0 Å². The van der Waals surface area contributed by atoms with Crippen LogP contribution in [0.15, 0.2) is 60.7 Å². The number of fused-ring (bicyclic) bond motifs is 1. The van der Waals surface area contributed by atoms with Gasteiger partial charge >= 0.3 is 0 Å². The van der Waals surface area contributed by atoms with Crippen molar-refractivity contribution in [2.45, 2.75) is 6.92 Å². The van der Waals surface area contributed by atoms with Gasteiger partial charge in [-0.25, -0.2) is 0 Å². The van der Waals surface area contributed by atoms with E-state index in [1.54, 1.807) is 18.2 Å². The fourth-order valence-electron chi connectivity index (χ4n) is 2.58. The van der Waals surface area contributed by atoms with Crippen LogP contribution in [-0.4, -0.2) is 22.7 Å². The number of hydrogen-bond donors (Lipinski definition) is 3. The predicted molar refractivity (Wildman–Crippen MR) is 107 cm³/mol. The number of phenols is 1. The van der Waals surface area contributed by atoms with Crippen LogP contribution in [0.3, 0.4) is 0 Å². The average molecular weight is 366 g/mol. The molecule has 1 amide bonds. The molecule has 3 N–H and O–H groups in total. The zero-order chi connectivity index (χ0) is 18.5. The van der Waals surface area contributed by atoms with E-state index in [1.807, 2.05) is 49.4 Å². The average Bonchev–Trinajstić information content (AvgIpc) is 2.62. The number of carbonyl (C=O) groups excluding carboxylic acids is 1. The van der Waals surface area contributed by atoms with Crippen LogP contribution in [0.5, 0.6) is 11.5 Å². The summed E-state index contributed by atoms with van der Waals surface area (Å²) in [7, 11) is 0. The smallest absolute Gasteiger partial charge is 0.264 e. The molecule has 6 heteroatoms. The first-order chi connectivity index (χ1) is 12.5. The van der Waals surface area contributed by atoms with Crippen molar-refractivity contribution in [3.63, 3.8) is 0 Å². The molecule has 5 nitrogen and oxygen atoms in total. The van der Waals surface area contributed by atoms with Gasteiger partial charge in [0.1, 0.15) is 11.5 Å². The molecule has 0 aromatic heterocycles. The van der Waals surface area contributed by atoms with Crippen molar-refractivity contribution in [3.8, 4) is 11.5 Å². The molecule has 3 aromatic carbocycles. The van der Waals surface area contributed by atoms with Gasteiger partial charge in [0.25, 0.3) is 5.91 Å². The molecule has 0 radical (unpaired) electrons. The number of aromatic hydroxyl groups is 1. The van der Waals surface area contributed by atoms with Crippen molar-refractivity contribution in [2.24, 2.45) is 0 Å². The molecule has 0 aliphatic rings. The van der Waals surface area contributed by atoms with E-state index < -0.39 is 0 Å². The number of thiocarbonyl (C=S) groups is 1. The van der Waals surface area contributed by atoms with Crippen molar-refractivity contribution in [1.29, 1.82) is 0 Å². The lowest BCUT2D eigenvalue weighted by molar-refractivity contribution is -0.121. The second-order valence-electron chi connectivity index (χ2n) is 5.73. The zero-order valence-electron chi connectivity index (χ0n) is 14.2. The van der Waals surface area contributed by atoms with Crippen LogP contribution in [0.1, 0.15) is 5.56 Å². The Morgan fingerprint density at radius 2 is 1.77 bits per heavy atom. The van der Waals surface area contributed by atoms with Gasteiger partial charge in [0.05, 0.1) is 0 Å². The topological polar surface area (TPSA) is 70.6 Å². The molecule has 0 saturated carbocycles. The largest absolute Gasteiger partial charge is 0.507 e. The Hall–Kier alpha value is -3.12. The maximum absolute atomic E-state index is 12.0. The van der Waals surface area contributed by atoms with Crippen molar-refractivity contribution < 1.29 is 14.6 Å². The van der Waals surface area contributed by atoms with Gasteiger partial charge in [0, 0.05) is 16.5 Å². The van der Waals surface area contributed by atoms with Crippen molar-refractivity contribution in [2.75, 3.05) is 11.9 Å². The normalized spacial score (nSPS) is 10.3. The number of amides is 1. The summed E-state index contributed by atoms with van der Waals surface area (Å²) in [5.41, 5.74) is 1.65. The number of carbonyl (C=O) groups is 1. The predicted octanol–water partition coefficient (Wildman–Crippen LogP) is 3.75. The fraction of sp³-hybridized carbons (Fsp3) is 0.100. The standard InChI is InChI=1S/C20H18N2O3S/c1-13-6-2-3-11-18(13)25-12-19(24)22-20(26)21-16-9-4-8-15-14(16)7-5-10-17(15)23/h2-11,23H,12H2,1H3,(H2,21,22,24,26). The highest BCUT2D eigenvalue weighted by atomic mass is 32.1. The summed E-state index contributed by atoms with van der Waals surface area (Å²) in [6.45, 7) is 1.78. The second kappa shape index (κ2) is 7.84. The Morgan fingerprint density at radius 3 is 2.58 bits per heavy atom. The quantitative estimate of drug-likeness (QED) is 0.614. The number of hydrogen-bond acceptors (Lipinski definition) is 4. The van der Waals surface area contributed by atoms with Gasteiger partial charge in [-0.05, 0) is 42.9 Å². The lowest BCUT2D eigenvalue weighted by Crippen LogP contribution is -2.37. The van der Waals surface area contributed by atoms with E-state index in [4.69, 9.17) is 17.0 Å². The number of aryl methyl sites for hydroxylation is 1. The van der Waals surface area contributed by atoms with Crippen LogP contribution >= 0.6 is 12.2 Å². The SMILES string of the molecule is Cc1ccccc1OCC(=O)NC(=S)Nc1cccc2c(O)cccc12. The Morgan fingerprint density at radius 1 is 1.04 bits per heavy atom. The highest BCUT2D eigenvalue weighted by Crippen LogP contribution is 2.29. The number of ether oxygens (including phenoxy) is 1. The molecule has 0 saturated heterocycles. The maximum Gasteiger partial charge on any atom is 0.264 e. The molecule has 26 heavy (non-hydrogen) atoms.